The van der Waals surface area contributed by atoms with Crippen LogP contribution in [-0.2, 0) is 14.4 Å². The number of pyridine rings is 2. The second-order valence-corrected chi connectivity index (χ2v) is 14.7. The zero-order valence-electron chi connectivity index (χ0n) is 33.8. The molecular weight excluding hydrogens is 781 g/mol. The Morgan fingerprint density at radius 3 is 2.41 bits per heavy atom. The summed E-state index contributed by atoms with van der Waals surface area (Å²) in [7, 11) is 3.11. The lowest BCUT2D eigenvalue weighted by atomic mass is 10.0. The average Bonchev–Trinajstić information content (AvgIpc) is 3.53. The molecule has 3 aromatic carbocycles. The fraction of sp³-hybridized carbons (Fsp3) is 0.267. The molecule has 5 aromatic rings. The molecule has 1 unspecified atom stereocenters. The molecule has 312 valence electrons. The van der Waals surface area contributed by atoms with Gasteiger partial charge in [0.1, 0.15) is 17.5 Å². The van der Waals surface area contributed by atoms with Crippen LogP contribution in [0.3, 0.4) is 0 Å². The van der Waals surface area contributed by atoms with Gasteiger partial charge >= 0.3 is 0 Å². The van der Waals surface area contributed by atoms with Gasteiger partial charge in [-0.15, -0.1) is 0 Å². The molecule has 2 aliphatic heterocycles. The third-order valence-corrected chi connectivity index (χ3v) is 10.7. The first-order valence-corrected chi connectivity index (χ1v) is 19.9. The lowest BCUT2D eigenvalue weighted by Gasteiger charge is -2.27. The monoisotopic (exact) mass is 824 g/mol. The van der Waals surface area contributed by atoms with Crippen LogP contribution in [0, 0.1) is 0 Å². The number of aromatic nitrogens is 2. The second-order valence-electron chi connectivity index (χ2n) is 14.7. The molecule has 16 nitrogen and oxygen atoms in total. The van der Waals surface area contributed by atoms with Gasteiger partial charge in [0.15, 0.2) is 5.78 Å². The standard InChI is InChI=1S/C45H44N8O8/c1-25(50-32-14-10-13-28-39(32)45(60)53(44(28)59)35-18-19-38(55)52-43(35)58)36(54)15-8-5-9-20-47-42(57)33-17-16-26(23-48-33)29-21-30-34(22-37(29)61-3)49-24-31(41(56)46-2)40(30)51-27-11-6-4-7-12-27/h4,6-7,10-14,16-17,21-25,35,50H,5,8-9,15,18-20H2,1-3H3,(H,46,56)(H,47,57)(H,49,51)(H,52,55,58)/t25-,35?/m0/s1. The van der Waals surface area contributed by atoms with Gasteiger partial charge in [0.05, 0.1) is 41.0 Å². The zero-order chi connectivity index (χ0) is 43.2. The van der Waals surface area contributed by atoms with Crippen molar-refractivity contribution >= 4 is 69.2 Å². The summed E-state index contributed by atoms with van der Waals surface area (Å²) in [6, 6.07) is 19.5. The van der Waals surface area contributed by atoms with Gasteiger partial charge in [0.25, 0.3) is 23.6 Å². The van der Waals surface area contributed by atoms with E-state index in [-0.39, 0.29) is 53.7 Å². The molecule has 0 saturated carbocycles. The van der Waals surface area contributed by atoms with Crippen molar-refractivity contribution in [1.82, 2.24) is 30.8 Å². The van der Waals surface area contributed by atoms with Crippen LogP contribution in [0.1, 0.15) is 87.0 Å². The Kier molecular flexibility index (Phi) is 12.4. The summed E-state index contributed by atoms with van der Waals surface area (Å²) in [5.41, 5.74) is 4.47. The third-order valence-electron chi connectivity index (χ3n) is 10.7. The summed E-state index contributed by atoms with van der Waals surface area (Å²) in [5, 5.41) is 14.9. The number of hydrogen-bond acceptors (Lipinski definition) is 12. The predicted octanol–water partition coefficient (Wildman–Crippen LogP) is 5.17. The van der Waals surface area contributed by atoms with Crippen molar-refractivity contribution in [2.24, 2.45) is 0 Å². The maximum absolute atomic E-state index is 13.4. The van der Waals surface area contributed by atoms with E-state index in [2.05, 4.69) is 36.6 Å². The number of fused-ring (bicyclic) bond motifs is 2. The quantitative estimate of drug-likeness (QED) is 0.0644. The molecule has 0 bridgehead atoms. The maximum atomic E-state index is 13.4. The molecule has 4 heterocycles. The minimum Gasteiger partial charge on any atom is -0.496 e. The number of Topliss-reactive ketones (excluding diaryl/α,β-unsaturated/α-hetero) is 1. The smallest absolute Gasteiger partial charge is 0.269 e. The molecule has 2 aromatic heterocycles. The Hall–Kier alpha value is -7.49. The van der Waals surface area contributed by atoms with Crippen molar-refractivity contribution < 1.29 is 38.3 Å². The Balaban J connectivity index is 0.917. The van der Waals surface area contributed by atoms with Crippen molar-refractivity contribution in [3.63, 3.8) is 0 Å². The molecule has 16 heteroatoms. The van der Waals surface area contributed by atoms with Gasteiger partial charge in [-0.3, -0.25) is 53.7 Å². The summed E-state index contributed by atoms with van der Waals surface area (Å²) in [5.74, 6) is -2.63. The van der Waals surface area contributed by atoms with E-state index in [1.54, 1.807) is 57.6 Å². The summed E-state index contributed by atoms with van der Waals surface area (Å²) in [4.78, 5) is 99.5. The van der Waals surface area contributed by atoms with Crippen LogP contribution in [-0.4, -0.2) is 88.9 Å². The number of methoxy groups -OCH3 is 1. The number of carbonyl (C=O) groups is 7. The number of carbonyl (C=O) groups excluding carboxylic acids is 7. The van der Waals surface area contributed by atoms with Gasteiger partial charge in [0, 0.05) is 72.8 Å². The molecule has 0 spiro atoms. The molecule has 2 atom stereocenters. The minimum atomic E-state index is -1.09. The van der Waals surface area contributed by atoms with Crippen molar-refractivity contribution in [2.45, 2.75) is 57.5 Å². The number of para-hydroxylation sites is 1. The van der Waals surface area contributed by atoms with Crippen molar-refractivity contribution in [1.29, 1.82) is 0 Å². The molecule has 2 aliphatic rings. The number of anilines is 3. The predicted molar refractivity (Wildman–Crippen MR) is 227 cm³/mol. The van der Waals surface area contributed by atoms with E-state index < -0.39 is 35.7 Å². The van der Waals surface area contributed by atoms with E-state index in [0.29, 0.717) is 70.5 Å². The number of amides is 6. The zero-order valence-corrected chi connectivity index (χ0v) is 33.8. The van der Waals surface area contributed by atoms with E-state index in [0.717, 1.165) is 10.6 Å². The van der Waals surface area contributed by atoms with Gasteiger partial charge in [-0.1, -0.05) is 36.8 Å². The molecule has 0 aliphatic carbocycles. The van der Waals surface area contributed by atoms with Gasteiger partial charge in [0.2, 0.25) is 11.8 Å². The highest BCUT2D eigenvalue weighted by atomic mass is 16.5. The topological polar surface area (TPSA) is 218 Å². The van der Waals surface area contributed by atoms with Gasteiger partial charge in [-0.2, -0.15) is 0 Å². The van der Waals surface area contributed by atoms with Crippen molar-refractivity contribution in [3.05, 3.63) is 108 Å². The Bertz CT molecular complexity index is 2560. The number of hydrogen-bond donors (Lipinski definition) is 5. The Morgan fingerprint density at radius 1 is 0.885 bits per heavy atom. The molecule has 1 fully saturated rings. The second kappa shape index (κ2) is 18.2. The van der Waals surface area contributed by atoms with Crippen molar-refractivity contribution in [2.75, 3.05) is 31.3 Å². The number of benzene rings is 3. The van der Waals surface area contributed by atoms with E-state index in [1.165, 1.54) is 12.3 Å². The van der Waals surface area contributed by atoms with Gasteiger partial charge < -0.3 is 26.0 Å². The highest BCUT2D eigenvalue weighted by Gasteiger charge is 2.45. The van der Waals surface area contributed by atoms with Gasteiger partial charge in [-0.25, -0.2) is 0 Å². The van der Waals surface area contributed by atoms with E-state index in [1.807, 2.05) is 36.4 Å². The van der Waals surface area contributed by atoms with Crippen LogP contribution in [0.2, 0.25) is 0 Å². The number of nitrogens with one attached hydrogen (secondary N) is 5. The van der Waals surface area contributed by atoms with Crippen LogP contribution >= 0.6 is 0 Å². The average molecular weight is 825 g/mol. The van der Waals surface area contributed by atoms with E-state index >= 15 is 0 Å². The number of ketones is 1. The fourth-order valence-electron chi connectivity index (χ4n) is 7.47. The maximum Gasteiger partial charge on any atom is 0.269 e. The first-order valence-electron chi connectivity index (χ1n) is 19.9. The first-order chi connectivity index (χ1) is 29.5. The number of rotatable bonds is 16. The normalized spacial score (nSPS) is 15.2. The number of piperidine rings is 1. The number of ether oxygens (including phenoxy) is 1. The van der Waals surface area contributed by atoms with Crippen LogP contribution in [0.25, 0.3) is 22.0 Å². The summed E-state index contributed by atoms with van der Waals surface area (Å²) in [6.45, 7) is 2.05. The summed E-state index contributed by atoms with van der Waals surface area (Å²) in [6.07, 6.45) is 5.28. The molecule has 7 rings (SSSR count). The summed E-state index contributed by atoms with van der Waals surface area (Å²) < 4.78 is 5.72. The number of unbranched alkanes of at least 4 members (excludes halogenated alkanes) is 2. The van der Waals surface area contributed by atoms with E-state index in [9.17, 15) is 33.6 Å². The SMILES string of the molecule is CNC(=O)c1cnc2cc(OC)c(-c3ccc(C(=O)NCCCCCC(=O)[C@H](C)Nc4cccc5c4C(=O)N(C4CCC(=O)NC4=O)C5=O)nc3)cc2c1Nc1ccccc1. The highest BCUT2D eigenvalue weighted by Crippen LogP contribution is 2.38. The first kappa shape index (κ1) is 41.7. The number of imide groups is 2. The third kappa shape index (κ3) is 8.78. The van der Waals surface area contributed by atoms with Crippen LogP contribution in [0.15, 0.2) is 85.2 Å². The lowest BCUT2D eigenvalue weighted by molar-refractivity contribution is -0.136. The van der Waals surface area contributed by atoms with E-state index in [4.69, 9.17) is 4.74 Å². The number of nitrogens with zero attached hydrogens (tertiary/aromatic N) is 3. The van der Waals surface area contributed by atoms with Crippen LogP contribution < -0.4 is 31.3 Å². The molecule has 5 N–H and O–H groups in total. The molecule has 6 amide bonds. The minimum absolute atomic E-state index is 0.0149. The molecular formula is C45H44N8O8. The highest BCUT2D eigenvalue weighted by molar-refractivity contribution is 6.25. The summed E-state index contributed by atoms with van der Waals surface area (Å²) >= 11 is 0. The molecule has 0 radical (unpaired) electrons. The Labute approximate surface area is 350 Å². The Morgan fingerprint density at radius 2 is 1.69 bits per heavy atom. The van der Waals surface area contributed by atoms with Crippen LogP contribution in [0.5, 0.6) is 5.75 Å². The largest absolute Gasteiger partial charge is 0.496 e. The molecule has 61 heavy (non-hydrogen) atoms. The molecule has 1 saturated heterocycles. The lowest BCUT2D eigenvalue weighted by Crippen LogP contribution is -2.54. The van der Waals surface area contributed by atoms with Crippen molar-refractivity contribution in [3.8, 4) is 16.9 Å². The van der Waals surface area contributed by atoms with Gasteiger partial charge in [-0.05, 0) is 62.6 Å². The fourth-order valence-corrected chi connectivity index (χ4v) is 7.47. The van der Waals surface area contributed by atoms with Crippen LogP contribution in [0.4, 0.5) is 17.1 Å².